The van der Waals surface area contributed by atoms with Crippen molar-refractivity contribution in [3.05, 3.63) is 74.3 Å². The number of hydrogen-bond acceptors (Lipinski definition) is 3. The van der Waals surface area contributed by atoms with Gasteiger partial charge in [-0.05, 0) is 24.3 Å². The van der Waals surface area contributed by atoms with Crippen LogP contribution in [-0.4, -0.2) is 15.5 Å². The third kappa shape index (κ3) is 3.02. The molecule has 0 fully saturated rings. The van der Waals surface area contributed by atoms with Gasteiger partial charge in [0.05, 0.1) is 21.7 Å². The van der Waals surface area contributed by atoms with Crippen LogP contribution in [0.5, 0.6) is 0 Å². The van der Waals surface area contributed by atoms with Gasteiger partial charge in [0.1, 0.15) is 6.54 Å². The predicted octanol–water partition coefficient (Wildman–Crippen LogP) is 1.98. The zero-order valence-corrected chi connectivity index (χ0v) is 12.6. The number of aromatic amines is 1. The molecule has 2 aromatic carbocycles. The predicted molar refractivity (Wildman–Crippen MR) is 88.9 cm³/mol. The van der Waals surface area contributed by atoms with Gasteiger partial charge >= 0.3 is 11.1 Å². The Morgan fingerprint density at radius 2 is 1.78 bits per heavy atom. The van der Waals surface area contributed by atoms with E-state index >= 15 is 0 Å². The van der Waals surface area contributed by atoms with Crippen LogP contribution in [0.25, 0.3) is 11.0 Å². The van der Waals surface area contributed by atoms with E-state index in [9.17, 15) is 14.4 Å². The molecule has 1 amide bonds. The number of para-hydroxylation sites is 3. The molecular weight excluding hydrogens is 318 g/mol. The van der Waals surface area contributed by atoms with E-state index in [1.54, 1.807) is 48.5 Å². The number of halogens is 1. The number of nitrogens with zero attached hydrogens (tertiary/aromatic N) is 1. The van der Waals surface area contributed by atoms with Gasteiger partial charge in [0.15, 0.2) is 0 Å². The van der Waals surface area contributed by atoms with Crippen molar-refractivity contribution in [1.82, 2.24) is 9.55 Å². The van der Waals surface area contributed by atoms with Gasteiger partial charge in [-0.25, -0.2) is 0 Å². The van der Waals surface area contributed by atoms with Gasteiger partial charge in [-0.15, -0.1) is 0 Å². The second kappa shape index (κ2) is 6.10. The van der Waals surface area contributed by atoms with Crippen molar-refractivity contribution in [2.24, 2.45) is 0 Å². The molecule has 0 radical (unpaired) electrons. The Morgan fingerprint density at radius 3 is 2.57 bits per heavy atom. The van der Waals surface area contributed by atoms with E-state index < -0.39 is 17.0 Å². The summed E-state index contributed by atoms with van der Waals surface area (Å²) < 4.78 is 1.14. The summed E-state index contributed by atoms with van der Waals surface area (Å²) >= 11 is 5.98. The minimum absolute atomic E-state index is 0.283. The van der Waals surface area contributed by atoms with Gasteiger partial charge in [0.2, 0.25) is 5.91 Å². The van der Waals surface area contributed by atoms with Gasteiger partial charge in [0, 0.05) is 0 Å². The number of H-pyrrole nitrogens is 1. The molecule has 1 aromatic heterocycles. The molecule has 0 spiro atoms. The first-order valence-electron chi connectivity index (χ1n) is 6.82. The standard InChI is InChI=1S/C16H12ClN3O3/c17-10-5-1-2-6-11(10)18-14(21)9-20-13-8-4-3-7-12(13)19-15(22)16(20)23/h1-8H,9H2,(H,18,21)(H,19,22). The van der Waals surface area contributed by atoms with E-state index in [-0.39, 0.29) is 6.54 Å². The molecular formula is C16H12ClN3O3. The van der Waals surface area contributed by atoms with Gasteiger partial charge in [0.25, 0.3) is 0 Å². The lowest BCUT2D eigenvalue weighted by atomic mass is 10.3. The number of aromatic nitrogens is 2. The summed E-state index contributed by atoms with van der Waals surface area (Å²) in [6, 6.07) is 13.6. The number of hydrogen-bond donors (Lipinski definition) is 2. The topological polar surface area (TPSA) is 84.0 Å². The zero-order chi connectivity index (χ0) is 16.4. The fraction of sp³-hybridized carbons (Fsp3) is 0.0625. The van der Waals surface area contributed by atoms with E-state index in [2.05, 4.69) is 10.3 Å². The van der Waals surface area contributed by atoms with E-state index in [0.717, 1.165) is 4.57 Å². The summed E-state index contributed by atoms with van der Waals surface area (Å²) in [5, 5.41) is 3.02. The molecule has 2 N–H and O–H groups in total. The third-order valence-corrected chi connectivity index (χ3v) is 3.66. The Balaban J connectivity index is 1.97. The van der Waals surface area contributed by atoms with Gasteiger partial charge in [-0.1, -0.05) is 35.9 Å². The first-order valence-corrected chi connectivity index (χ1v) is 7.20. The quantitative estimate of drug-likeness (QED) is 0.721. The Morgan fingerprint density at radius 1 is 1.09 bits per heavy atom. The van der Waals surface area contributed by atoms with Crippen molar-refractivity contribution < 1.29 is 4.79 Å². The maximum absolute atomic E-state index is 12.2. The number of carbonyl (C=O) groups excluding carboxylic acids is 1. The number of anilines is 1. The summed E-state index contributed by atoms with van der Waals surface area (Å²) in [6.07, 6.45) is 0. The summed E-state index contributed by atoms with van der Waals surface area (Å²) in [5.41, 5.74) is -0.136. The number of fused-ring (bicyclic) bond motifs is 1. The van der Waals surface area contributed by atoms with Crippen LogP contribution < -0.4 is 16.4 Å². The SMILES string of the molecule is O=C(Cn1c(=O)c(=O)[nH]c2ccccc21)Nc1ccccc1Cl. The maximum atomic E-state index is 12.2. The molecule has 6 nitrogen and oxygen atoms in total. The highest BCUT2D eigenvalue weighted by molar-refractivity contribution is 6.33. The lowest BCUT2D eigenvalue weighted by Crippen LogP contribution is -2.38. The number of benzene rings is 2. The smallest absolute Gasteiger partial charge is 0.317 e. The number of carbonyl (C=O) groups is 1. The van der Waals surface area contributed by atoms with Crippen molar-refractivity contribution in [2.45, 2.75) is 6.54 Å². The molecule has 0 aliphatic heterocycles. The molecule has 3 rings (SSSR count). The molecule has 0 saturated heterocycles. The molecule has 0 unspecified atom stereocenters. The first-order chi connectivity index (χ1) is 11.1. The van der Waals surface area contributed by atoms with Crippen LogP contribution in [-0.2, 0) is 11.3 Å². The molecule has 7 heteroatoms. The molecule has 0 atom stereocenters. The Kier molecular flexibility index (Phi) is 3.99. The van der Waals surface area contributed by atoms with Crippen LogP contribution >= 0.6 is 11.6 Å². The average Bonchev–Trinajstić information content (AvgIpc) is 2.54. The highest BCUT2D eigenvalue weighted by Crippen LogP contribution is 2.20. The molecule has 0 saturated carbocycles. The summed E-state index contributed by atoms with van der Waals surface area (Å²) in [6.45, 7) is -0.283. The zero-order valence-electron chi connectivity index (χ0n) is 11.9. The Labute approximate surface area is 135 Å². The highest BCUT2D eigenvalue weighted by atomic mass is 35.5. The monoisotopic (exact) mass is 329 g/mol. The van der Waals surface area contributed by atoms with Crippen LogP contribution in [0.3, 0.4) is 0 Å². The van der Waals surface area contributed by atoms with Crippen LogP contribution in [0.1, 0.15) is 0 Å². The summed E-state index contributed by atoms with van der Waals surface area (Å²) in [7, 11) is 0. The van der Waals surface area contributed by atoms with Crippen LogP contribution in [0, 0.1) is 0 Å². The van der Waals surface area contributed by atoms with E-state index in [4.69, 9.17) is 11.6 Å². The van der Waals surface area contributed by atoms with Crippen molar-refractivity contribution in [3.63, 3.8) is 0 Å². The largest absolute Gasteiger partial charge is 0.323 e. The second-order valence-corrected chi connectivity index (χ2v) is 5.30. The second-order valence-electron chi connectivity index (χ2n) is 4.89. The van der Waals surface area contributed by atoms with Crippen molar-refractivity contribution in [1.29, 1.82) is 0 Å². The molecule has 0 bridgehead atoms. The molecule has 0 aliphatic carbocycles. The minimum atomic E-state index is -0.780. The summed E-state index contributed by atoms with van der Waals surface area (Å²) in [5.74, 6) is -0.448. The lowest BCUT2D eigenvalue weighted by molar-refractivity contribution is -0.116. The highest BCUT2D eigenvalue weighted by Gasteiger charge is 2.12. The lowest BCUT2D eigenvalue weighted by Gasteiger charge is -2.10. The fourth-order valence-corrected chi connectivity index (χ4v) is 2.46. The van der Waals surface area contributed by atoms with Gasteiger partial charge in [-0.3, -0.25) is 19.0 Å². The normalized spacial score (nSPS) is 10.7. The van der Waals surface area contributed by atoms with Gasteiger partial charge in [-0.2, -0.15) is 0 Å². The van der Waals surface area contributed by atoms with E-state index in [0.29, 0.717) is 21.7 Å². The van der Waals surface area contributed by atoms with Crippen molar-refractivity contribution in [3.8, 4) is 0 Å². The number of rotatable bonds is 3. The summed E-state index contributed by atoms with van der Waals surface area (Å²) in [4.78, 5) is 38.4. The van der Waals surface area contributed by atoms with E-state index in [1.807, 2.05) is 0 Å². The van der Waals surface area contributed by atoms with Crippen LogP contribution in [0.15, 0.2) is 58.1 Å². The molecule has 116 valence electrons. The fourth-order valence-electron chi connectivity index (χ4n) is 2.28. The van der Waals surface area contributed by atoms with Crippen LogP contribution in [0.4, 0.5) is 5.69 Å². The molecule has 0 aliphatic rings. The Hall–Kier alpha value is -2.86. The van der Waals surface area contributed by atoms with Crippen molar-refractivity contribution in [2.75, 3.05) is 5.32 Å². The van der Waals surface area contributed by atoms with Gasteiger partial charge < -0.3 is 10.3 Å². The minimum Gasteiger partial charge on any atom is -0.323 e. The van der Waals surface area contributed by atoms with Crippen LogP contribution in [0.2, 0.25) is 5.02 Å². The third-order valence-electron chi connectivity index (χ3n) is 3.33. The van der Waals surface area contributed by atoms with E-state index in [1.165, 1.54) is 0 Å². The Bertz CT molecular complexity index is 1010. The number of nitrogens with one attached hydrogen (secondary N) is 2. The molecule has 3 aromatic rings. The molecule has 1 heterocycles. The molecule has 23 heavy (non-hydrogen) atoms. The number of amides is 1. The first kappa shape index (κ1) is 15.1. The maximum Gasteiger partial charge on any atom is 0.317 e. The average molecular weight is 330 g/mol. The van der Waals surface area contributed by atoms with Crippen molar-refractivity contribution >= 4 is 34.2 Å².